The van der Waals surface area contributed by atoms with Crippen molar-refractivity contribution in [2.24, 2.45) is 29.4 Å². The van der Waals surface area contributed by atoms with E-state index < -0.39 is 63.6 Å². The van der Waals surface area contributed by atoms with E-state index in [1.807, 2.05) is 24.3 Å². The van der Waals surface area contributed by atoms with Gasteiger partial charge in [-0.05, 0) is 63.0 Å². The van der Waals surface area contributed by atoms with Crippen molar-refractivity contribution < 1.29 is 28.7 Å². The van der Waals surface area contributed by atoms with Gasteiger partial charge in [-0.1, -0.05) is 43.5 Å². The Morgan fingerprint density at radius 1 is 1.07 bits per heavy atom. The molecule has 5 atom stereocenters. The average Bonchev–Trinajstić information content (AvgIpc) is 3.25. The molecule has 1 aliphatic heterocycles. The van der Waals surface area contributed by atoms with Crippen molar-refractivity contribution in [2.75, 3.05) is 6.54 Å². The lowest BCUT2D eigenvalue weighted by Crippen LogP contribution is -2.60. The molecule has 1 heterocycles. The number of amides is 4. The fourth-order valence-corrected chi connectivity index (χ4v) is 7.50. The van der Waals surface area contributed by atoms with Gasteiger partial charge < -0.3 is 26.0 Å². The molecule has 1 aromatic rings. The molecule has 2 saturated carbocycles. The van der Waals surface area contributed by atoms with Crippen molar-refractivity contribution in [1.29, 1.82) is 0 Å². The van der Waals surface area contributed by atoms with E-state index in [1.165, 1.54) is 4.90 Å². The minimum atomic E-state index is -1.21. The first-order chi connectivity index (χ1) is 19.7. The van der Waals surface area contributed by atoms with Crippen molar-refractivity contribution in [3.8, 4) is 0 Å². The highest BCUT2D eigenvalue weighted by atomic mass is 35.5. The quantitative estimate of drug-likeness (QED) is 0.285. The highest BCUT2D eigenvalue weighted by Crippen LogP contribution is 2.65. The molecule has 3 fully saturated rings. The first-order valence-electron chi connectivity index (χ1n) is 14.6. The monoisotopic (exact) mass is 620 g/mol. The number of nitrogens with zero attached hydrogens (tertiary/aromatic N) is 1. The number of alkyl halides is 2. The van der Waals surface area contributed by atoms with E-state index in [9.17, 15) is 24.0 Å². The number of halogens is 2. The lowest BCUT2D eigenvalue weighted by atomic mass is 9.80. The van der Waals surface area contributed by atoms with Gasteiger partial charge in [0.25, 0.3) is 5.91 Å². The Labute approximate surface area is 255 Å². The molecular formula is C30H38Cl2N4O6. The summed E-state index contributed by atoms with van der Waals surface area (Å²) in [5.74, 6) is -4.09. The van der Waals surface area contributed by atoms with Crippen LogP contribution in [0.2, 0.25) is 0 Å². The van der Waals surface area contributed by atoms with Gasteiger partial charge in [-0.2, -0.15) is 0 Å². The van der Waals surface area contributed by atoms with Crippen LogP contribution in [0.15, 0.2) is 24.3 Å². The van der Waals surface area contributed by atoms with Gasteiger partial charge in [-0.3, -0.25) is 19.2 Å². The molecule has 0 aromatic heterocycles. The van der Waals surface area contributed by atoms with Crippen molar-refractivity contribution in [2.45, 2.75) is 87.4 Å². The molecule has 0 bridgehead atoms. The predicted molar refractivity (Wildman–Crippen MR) is 156 cm³/mol. The molecule has 228 valence electrons. The van der Waals surface area contributed by atoms with Crippen LogP contribution in [-0.2, 0) is 36.8 Å². The molecule has 12 heteroatoms. The molecule has 42 heavy (non-hydrogen) atoms. The first-order valence-corrected chi connectivity index (χ1v) is 15.3. The van der Waals surface area contributed by atoms with E-state index >= 15 is 0 Å². The number of hydrogen-bond donors (Lipinski definition) is 3. The van der Waals surface area contributed by atoms with E-state index in [2.05, 4.69) is 10.6 Å². The SMILES string of the molecule is CC(C)(C)OC(=O)N[C@H](C(=O)N1C[C@H]2[C@@H]([C@H]1C(=O)NC(CC1CCC1)C(=O)C(N)=O)C2(Cl)Cl)C1Cc2ccccc2C1. The number of benzene rings is 1. The van der Waals surface area contributed by atoms with Gasteiger partial charge in [0.2, 0.25) is 17.6 Å². The van der Waals surface area contributed by atoms with Crippen molar-refractivity contribution in [3.63, 3.8) is 0 Å². The van der Waals surface area contributed by atoms with Crippen molar-refractivity contribution >= 4 is 52.8 Å². The summed E-state index contributed by atoms with van der Waals surface area (Å²) < 4.78 is 4.27. The molecule has 1 unspecified atom stereocenters. The number of Topliss-reactive ketones (excluding diaryl/α,β-unsaturated/α-hetero) is 1. The highest BCUT2D eigenvalue weighted by Gasteiger charge is 2.74. The average molecular weight is 622 g/mol. The maximum absolute atomic E-state index is 14.3. The van der Waals surface area contributed by atoms with Gasteiger partial charge in [0.15, 0.2) is 0 Å². The number of piperidine rings is 1. The second-order valence-electron chi connectivity index (χ2n) is 13.1. The van der Waals surface area contributed by atoms with Crippen LogP contribution in [0.3, 0.4) is 0 Å². The molecule has 0 spiro atoms. The summed E-state index contributed by atoms with van der Waals surface area (Å²) in [6.45, 7) is 5.31. The molecule has 4 aliphatic rings. The topological polar surface area (TPSA) is 148 Å². The van der Waals surface area contributed by atoms with Gasteiger partial charge in [0, 0.05) is 18.4 Å². The number of nitrogens with two attached hydrogens (primary N) is 1. The Bertz CT molecular complexity index is 1270. The number of nitrogens with one attached hydrogen (secondary N) is 2. The zero-order valence-corrected chi connectivity index (χ0v) is 25.5. The number of rotatable bonds is 9. The normalized spacial score (nSPS) is 25.8. The van der Waals surface area contributed by atoms with Crippen LogP contribution in [0.5, 0.6) is 0 Å². The number of ketones is 1. The summed E-state index contributed by atoms with van der Waals surface area (Å²) in [6.07, 6.45) is 3.48. The second kappa shape index (κ2) is 11.3. The van der Waals surface area contributed by atoms with E-state index in [0.29, 0.717) is 19.3 Å². The number of ether oxygens (including phenoxy) is 1. The molecule has 1 saturated heterocycles. The molecule has 5 rings (SSSR count). The zero-order valence-electron chi connectivity index (χ0n) is 24.0. The smallest absolute Gasteiger partial charge is 0.408 e. The zero-order chi connectivity index (χ0) is 30.6. The Morgan fingerprint density at radius 2 is 1.69 bits per heavy atom. The number of alkyl carbamates (subject to hydrolysis) is 1. The van der Waals surface area contributed by atoms with Crippen LogP contribution < -0.4 is 16.4 Å². The maximum Gasteiger partial charge on any atom is 0.408 e. The number of carbonyl (C=O) groups excluding carboxylic acids is 5. The largest absolute Gasteiger partial charge is 0.444 e. The maximum atomic E-state index is 14.3. The lowest BCUT2D eigenvalue weighted by Gasteiger charge is -2.35. The van der Waals surface area contributed by atoms with Gasteiger partial charge in [-0.15, -0.1) is 23.2 Å². The third-order valence-corrected chi connectivity index (χ3v) is 10.1. The summed E-state index contributed by atoms with van der Waals surface area (Å²) >= 11 is 13.0. The third-order valence-electron chi connectivity index (χ3n) is 9.05. The molecule has 4 N–H and O–H groups in total. The first kappa shape index (κ1) is 30.6. The standard InChI is InChI=1S/C30H38Cl2N4O6/c1-29(2,3)42-28(41)35-22(18-12-16-9-4-5-10-17(16)13-18)27(40)36-14-19-21(30(19,31)32)23(36)26(39)34-20(24(37)25(33)38)11-15-7-6-8-15/h4-5,9-10,15,18-23H,6-8,11-14H2,1-3H3,(H2,33,38)(H,34,39)(H,35,41)/t19-,20?,21-,22-,23-/m0/s1. The molecule has 3 aliphatic carbocycles. The highest BCUT2D eigenvalue weighted by molar-refractivity contribution is 6.51. The number of fused-ring (bicyclic) bond motifs is 2. The summed E-state index contributed by atoms with van der Waals surface area (Å²) in [5, 5.41) is 5.49. The van der Waals surface area contributed by atoms with E-state index in [0.717, 1.165) is 30.4 Å². The van der Waals surface area contributed by atoms with Crippen LogP contribution in [0.25, 0.3) is 0 Å². The van der Waals surface area contributed by atoms with Gasteiger partial charge >= 0.3 is 6.09 Å². The number of primary amides is 1. The molecule has 4 amide bonds. The van der Waals surface area contributed by atoms with E-state index in [4.69, 9.17) is 33.7 Å². The molecule has 0 radical (unpaired) electrons. The number of likely N-dealkylation sites (tertiary alicyclic amines) is 1. The summed E-state index contributed by atoms with van der Waals surface area (Å²) in [6, 6.07) is 4.68. The number of hydrogen-bond acceptors (Lipinski definition) is 6. The fraction of sp³-hybridized carbons (Fsp3) is 0.633. The predicted octanol–water partition coefficient (Wildman–Crippen LogP) is 2.65. The molecule has 10 nitrogen and oxygen atoms in total. The third kappa shape index (κ3) is 6.11. The lowest BCUT2D eigenvalue weighted by molar-refractivity contribution is -0.144. The van der Waals surface area contributed by atoms with Crippen LogP contribution in [0.4, 0.5) is 4.79 Å². The van der Waals surface area contributed by atoms with Gasteiger partial charge in [0.1, 0.15) is 22.0 Å². The van der Waals surface area contributed by atoms with Gasteiger partial charge in [-0.25, -0.2) is 4.79 Å². The minimum Gasteiger partial charge on any atom is -0.444 e. The number of carbonyl (C=O) groups is 5. The van der Waals surface area contributed by atoms with E-state index in [1.54, 1.807) is 20.8 Å². The second-order valence-corrected chi connectivity index (χ2v) is 14.6. The van der Waals surface area contributed by atoms with Crippen LogP contribution in [0.1, 0.15) is 57.6 Å². The van der Waals surface area contributed by atoms with Crippen LogP contribution in [-0.4, -0.2) is 69.1 Å². The van der Waals surface area contributed by atoms with Gasteiger partial charge in [0.05, 0.1) is 6.04 Å². The Balaban J connectivity index is 1.39. The Hall–Kier alpha value is -2.85. The van der Waals surface area contributed by atoms with Crippen molar-refractivity contribution in [3.05, 3.63) is 35.4 Å². The Morgan fingerprint density at radius 3 is 2.21 bits per heavy atom. The minimum absolute atomic E-state index is 0.109. The van der Waals surface area contributed by atoms with E-state index in [-0.39, 0.29) is 24.3 Å². The Kier molecular flexibility index (Phi) is 8.26. The summed E-state index contributed by atoms with van der Waals surface area (Å²) in [7, 11) is 0. The van der Waals surface area contributed by atoms with Crippen LogP contribution >= 0.6 is 23.2 Å². The summed E-state index contributed by atoms with van der Waals surface area (Å²) in [4.78, 5) is 66.8. The molecule has 1 aromatic carbocycles. The van der Waals surface area contributed by atoms with Crippen molar-refractivity contribution in [1.82, 2.24) is 15.5 Å². The van der Waals surface area contributed by atoms with Crippen LogP contribution in [0, 0.1) is 23.7 Å². The fourth-order valence-electron chi connectivity index (χ4n) is 6.68. The summed E-state index contributed by atoms with van der Waals surface area (Å²) in [5.41, 5.74) is 6.69. The molecular weight excluding hydrogens is 583 g/mol.